The molecule has 1 fully saturated rings. The number of nitrogens with zero attached hydrogens (tertiary/aromatic N) is 3. The van der Waals surface area contributed by atoms with Gasteiger partial charge in [-0.3, -0.25) is 14.7 Å². The van der Waals surface area contributed by atoms with E-state index in [0.717, 1.165) is 27.9 Å². The summed E-state index contributed by atoms with van der Waals surface area (Å²) in [4.78, 5) is 20.5. The minimum atomic E-state index is 0.0405. The summed E-state index contributed by atoms with van der Waals surface area (Å²) < 4.78 is 2.34. The summed E-state index contributed by atoms with van der Waals surface area (Å²) in [5.74, 6) is 0.0405. The number of aliphatic imine (C=N–C) groups is 1. The maximum Gasteiger partial charge on any atom is 0.266 e. The number of benzene rings is 2. The molecule has 1 saturated heterocycles. The van der Waals surface area contributed by atoms with Crippen LogP contribution in [0.1, 0.15) is 44.5 Å². The molecule has 1 aromatic heterocycles. The lowest BCUT2D eigenvalue weighted by atomic mass is 10.1. The molecule has 5 heteroatoms. The minimum absolute atomic E-state index is 0.0405. The molecule has 0 N–H and O–H groups in total. The lowest BCUT2D eigenvalue weighted by Crippen LogP contribution is -2.35. The number of carbonyl (C=O) groups is 1. The van der Waals surface area contributed by atoms with Crippen LogP contribution >= 0.6 is 11.8 Å². The number of amidine groups is 1. The first-order valence-electron chi connectivity index (χ1n) is 10.8. The second-order valence-corrected chi connectivity index (χ2v) is 9.48. The number of amides is 1. The van der Waals surface area contributed by atoms with Gasteiger partial charge in [0.1, 0.15) is 0 Å². The standard InChI is InChI=1S/C26H29N3OS/c1-17(2)27-26-29(18(3)4)25(30)24(31-26)15-22-19(5)28(16-20-11-7-6-8-12-20)23-14-10-9-13-21(22)23/h6-15,17-18H,16H2,1-5H3/b24-15+,27-26?. The number of rotatable bonds is 5. The maximum absolute atomic E-state index is 13.2. The highest BCUT2D eigenvalue weighted by atomic mass is 32.2. The third-order valence-electron chi connectivity index (χ3n) is 5.46. The van der Waals surface area contributed by atoms with Crippen LogP contribution in [0.15, 0.2) is 64.5 Å². The third-order valence-corrected chi connectivity index (χ3v) is 6.46. The van der Waals surface area contributed by atoms with Crippen LogP contribution in [0, 0.1) is 6.92 Å². The highest BCUT2D eigenvalue weighted by Crippen LogP contribution is 2.37. The van der Waals surface area contributed by atoms with E-state index in [-0.39, 0.29) is 18.0 Å². The molecule has 0 spiro atoms. The van der Waals surface area contributed by atoms with Gasteiger partial charge in [0.2, 0.25) is 0 Å². The number of hydrogen-bond acceptors (Lipinski definition) is 3. The Morgan fingerprint density at radius 3 is 2.35 bits per heavy atom. The Morgan fingerprint density at radius 2 is 1.68 bits per heavy atom. The van der Waals surface area contributed by atoms with Crippen LogP contribution in [0.25, 0.3) is 17.0 Å². The molecular weight excluding hydrogens is 402 g/mol. The monoisotopic (exact) mass is 431 g/mol. The lowest BCUT2D eigenvalue weighted by Gasteiger charge is -2.20. The minimum Gasteiger partial charge on any atom is -0.340 e. The fraction of sp³-hybridized carbons (Fsp3) is 0.308. The first-order valence-corrected chi connectivity index (χ1v) is 11.6. The van der Waals surface area contributed by atoms with Gasteiger partial charge in [-0.25, -0.2) is 0 Å². The molecule has 1 amide bonds. The second-order valence-electron chi connectivity index (χ2n) is 8.47. The van der Waals surface area contributed by atoms with Gasteiger partial charge in [0.15, 0.2) is 5.17 Å². The Kier molecular flexibility index (Phi) is 6.05. The summed E-state index contributed by atoms with van der Waals surface area (Å²) in [7, 11) is 0. The molecule has 0 unspecified atom stereocenters. The lowest BCUT2D eigenvalue weighted by molar-refractivity contribution is -0.123. The fourth-order valence-electron chi connectivity index (χ4n) is 3.99. The van der Waals surface area contributed by atoms with Gasteiger partial charge in [-0.2, -0.15) is 0 Å². The smallest absolute Gasteiger partial charge is 0.266 e. The Hall–Kier alpha value is -2.79. The Balaban J connectivity index is 1.81. The number of para-hydroxylation sites is 1. The zero-order chi connectivity index (χ0) is 22.1. The first kappa shape index (κ1) is 21.4. The predicted octanol–water partition coefficient (Wildman–Crippen LogP) is 6.09. The second kappa shape index (κ2) is 8.75. The van der Waals surface area contributed by atoms with Crippen molar-refractivity contribution in [2.75, 3.05) is 0 Å². The normalized spacial score (nSPS) is 17.3. The van der Waals surface area contributed by atoms with Crippen molar-refractivity contribution in [2.24, 2.45) is 4.99 Å². The first-order chi connectivity index (χ1) is 14.9. The number of fused-ring (bicyclic) bond motifs is 1. The van der Waals surface area contributed by atoms with Crippen LogP contribution in [-0.2, 0) is 11.3 Å². The van der Waals surface area contributed by atoms with Crippen LogP contribution in [0.2, 0.25) is 0 Å². The topological polar surface area (TPSA) is 37.6 Å². The highest BCUT2D eigenvalue weighted by Gasteiger charge is 2.35. The largest absolute Gasteiger partial charge is 0.340 e. The summed E-state index contributed by atoms with van der Waals surface area (Å²) in [6.45, 7) is 11.1. The maximum atomic E-state index is 13.2. The van der Waals surface area contributed by atoms with Gasteiger partial charge < -0.3 is 4.57 Å². The van der Waals surface area contributed by atoms with Crippen LogP contribution < -0.4 is 0 Å². The molecule has 4 rings (SSSR count). The molecule has 0 atom stereocenters. The number of carbonyl (C=O) groups excluding carboxylic acids is 1. The number of thioether (sulfide) groups is 1. The zero-order valence-electron chi connectivity index (χ0n) is 18.8. The SMILES string of the molecule is Cc1c(/C=C2/SC(=NC(C)C)N(C(C)C)C2=O)c2ccccc2n1Cc1ccccc1. The molecule has 0 saturated carbocycles. The molecule has 0 aliphatic carbocycles. The van der Waals surface area contributed by atoms with Crippen molar-refractivity contribution in [3.8, 4) is 0 Å². The van der Waals surface area contributed by atoms with Gasteiger partial charge >= 0.3 is 0 Å². The molecule has 2 aromatic carbocycles. The summed E-state index contributed by atoms with van der Waals surface area (Å²) in [6.07, 6.45) is 2.06. The van der Waals surface area contributed by atoms with Gasteiger partial charge in [-0.15, -0.1) is 0 Å². The van der Waals surface area contributed by atoms with Gasteiger partial charge in [-0.05, 0) is 64.1 Å². The Labute approximate surface area is 188 Å². The van der Waals surface area contributed by atoms with Crippen molar-refractivity contribution in [1.29, 1.82) is 0 Å². The zero-order valence-corrected chi connectivity index (χ0v) is 19.6. The van der Waals surface area contributed by atoms with Crippen LogP contribution in [0.3, 0.4) is 0 Å². The van der Waals surface area contributed by atoms with Crippen molar-refractivity contribution in [1.82, 2.24) is 9.47 Å². The highest BCUT2D eigenvalue weighted by molar-refractivity contribution is 8.18. The Morgan fingerprint density at radius 1 is 1.00 bits per heavy atom. The van der Waals surface area contributed by atoms with Gasteiger partial charge in [0.25, 0.3) is 5.91 Å². The van der Waals surface area contributed by atoms with E-state index >= 15 is 0 Å². The Bertz CT molecular complexity index is 1170. The van der Waals surface area contributed by atoms with E-state index < -0.39 is 0 Å². The average molecular weight is 432 g/mol. The molecule has 1 aliphatic heterocycles. The predicted molar refractivity (Wildman–Crippen MR) is 132 cm³/mol. The summed E-state index contributed by atoms with van der Waals surface area (Å²) in [5.41, 5.74) is 4.71. The van der Waals surface area contributed by atoms with E-state index in [9.17, 15) is 4.79 Å². The third kappa shape index (κ3) is 4.19. The summed E-state index contributed by atoms with van der Waals surface area (Å²) in [6, 6.07) is 19.1. The molecule has 4 nitrogen and oxygen atoms in total. The molecule has 160 valence electrons. The molecule has 1 aliphatic rings. The molecule has 31 heavy (non-hydrogen) atoms. The molecule has 0 bridgehead atoms. The number of aromatic nitrogens is 1. The van der Waals surface area contributed by atoms with E-state index in [1.54, 1.807) is 0 Å². The molecule has 0 radical (unpaired) electrons. The van der Waals surface area contributed by atoms with Gasteiger partial charge in [0, 0.05) is 40.8 Å². The van der Waals surface area contributed by atoms with E-state index in [4.69, 9.17) is 4.99 Å². The van der Waals surface area contributed by atoms with Crippen LogP contribution in [0.5, 0.6) is 0 Å². The van der Waals surface area contributed by atoms with Crippen molar-refractivity contribution in [2.45, 2.75) is 53.2 Å². The van der Waals surface area contributed by atoms with Crippen LogP contribution in [0.4, 0.5) is 0 Å². The fourth-order valence-corrected chi connectivity index (χ4v) is 5.21. The van der Waals surface area contributed by atoms with Crippen molar-refractivity contribution < 1.29 is 4.79 Å². The summed E-state index contributed by atoms with van der Waals surface area (Å²) in [5, 5.41) is 1.97. The number of hydrogen-bond donors (Lipinski definition) is 0. The average Bonchev–Trinajstić information content (AvgIpc) is 3.17. The molecule has 2 heterocycles. The van der Waals surface area contributed by atoms with Crippen LogP contribution in [-0.4, -0.2) is 32.6 Å². The van der Waals surface area contributed by atoms with E-state index in [1.807, 2.05) is 38.7 Å². The van der Waals surface area contributed by atoms with E-state index in [1.165, 1.54) is 28.2 Å². The molecule has 3 aromatic rings. The summed E-state index contributed by atoms with van der Waals surface area (Å²) >= 11 is 1.49. The van der Waals surface area contributed by atoms with Crippen molar-refractivity contribution in [3.63, 3.8) is 0 Å². The quantitative estimate of drug-likeness (QED) is 0.459. The molecular formula is C26H29N3OS. The van der Waals surface area contributed by atoms with Gasteiger partial charge in [-0.1, -0.05) is 48.5 Å². The van der Waals surface area contributed by atoms with Crippen molar-refractivity contribution in [3.05, 3.63) is 76.3 Å². The van der Waals surface area contributed by atoms with Crippen molar-refractivity contribution >= 4 is 39.8 Å². The van der Waals surface area contributed by atoms with Gasteiger partial charge in [0.05, 0.1) is 4.91 Å². The van der Waals surface area contributed by atoms with E-state index in [2.05, 4.69) is 66.1 Å². The van der Waals surface area contributed by atoms with E-state index in [0.29, 0.717) is 0 Å².